The molecule has 2 aliphatic heterocycles. The molecule has 5 N–H and O–H groups in total. The molecule has 4 unspecified atom stereocenters. The van der Waals surface area contributed by atoms with Crippen LogP contribution >= 0.6 is 22.6 Å². The standard InChI is InChI=1S/C16H22N4O2.C9H19N.C8H10IN.C8H12O2/c1-12(17)13-5-7-15(8-6-13)20-10-14(18-19-20)11-22-16-4-2-3-9-21-16;1-3-8-6-4-5-7-9(8)10-2;1-6(10)7-2-4-8(9)5-3-7;1-2-6-9-8-5-3-4-7-10-8/h5-8,10,12,16H,2-4,9,11,17H2,1H3;8-10H,3-7H2,1-2H3;2-6H,10H2,1H3;1,8H,3-7H2/t;8-,9-;;/m.0../s1. The van der Waals surface area contributed by atoms with Crippen LogP contribution in [-0.2, 0) is 25.6 Å². The maximum atomic E-state index is 5.85. The second kappa shape index (κ2) is 25.6. The van der Waals surface area contributed by atoms with Crippen molar-refractivity contribution in [3.63, 3.8) is 0 Å². The van der Waals surface area contributed by atoms with Gasteiger partial charge in [-0.2, -0.15) is 0 Å². The van der Waals surface area contributed by atoms with Crippen LogP contribution in [0.15, 0.2) is 54.7 Å². The van der Waals surface area contributed by atoms with Crippen molar-refractivity contribution >= 4 is 22.6 Å². The van der Waals surface area contributed by atoms with Gasteiger partial charge in [-0.1, -0.05) is 61.6 Å². The fourth-order valence-electron chi connectivity index (χ4n) is 6.27. The van der Waals surface area contributed by atoms with E-state index in [1.165, 1.54) is 47.7 Å². The molecule has 0 radical (unpaired) electrons. The highest BCUT2D eigenvalue weighted by atomic mass is 127. The van der Waals surface area contributed by atoms with Gasteiger partial charge in [0.2, 0.25) is 0 Å². The van der Waals surface area contributed by atoms with E-state index in [9.17, 15) is 0 Å². The largest absolute Gasteiger partial charge is 0.353 e. The first kappa shape index (κ1) is 44.0. The van der Waals surface area contributed by atoms with Gasteiger partial charge in [-0.25, -0.2) is 4.68 Å². The summed E-state index contributed by atoms with van der Waals surface area (Å²) in [4.78, 5) is 0. The summed E-state index contributed by atoms with van der Waals surface area (Å²) in [6, 6.07) is 17.3. The first-order chi connectivity index (χ1) is 25.2. The molecule has 1 saturated carbocycles. The molecular formula is C41H63IN6O4. The number of terminal acetylenes is 1. The van der Waals surface area contributed by atoms with Crippen molar-refractivity contribution in [1.82, 2.24) is 20.3 Å². The summed E-state index contributed by atoms with van der Waals surface area (Å²) < 4.78 is 24.7. The van der Waals surface area contributed by atoms with E-state index >= 15 is 0 Å². The molecule has 1 aromatic heterocycles. The van der Waals surface area contributed by atoms with Gasteiger partial charge in [0.05, 0.1) is 18.5 Å². The van der Waals surface area contributed by atoms with Crippen LogP contribution in [0.1, 0.15) is 120 Å². The Kier molecular flexibility index (Phi) is 21.6. The predicted octanol–water partition coefficient (Wildman–Crippen LogP) is 7.98. The van der Waals surface area contributed by atoms with Gasteiger partial charge in [0.1, 0.15) is 12.3 Å². The van der Waals surface area contributed by atoms with Crippen molar-refractivity contribution < 1.29 is 18.9 Å². The van der Waals surface area contributed by atoms with Crippen molar-refractivity contribution in [2.45, 2.75) is 129 Å². The molecule has 2 aromatic carbocycles. The quantitative estimate of drug-likeness (QED) is 0.138. The van der Waals surface area contributed by atoms with Crippen molar-refractivity contribution in [1.29, 1.82) is 0 Å². The molecule has 6 rings (SSSR count). The van der Waals surface area contributed by atoms with Gasteiger partial charge < -0.3 is 35.7 Å². The van der Waals surface area contributed by atoms with Crippen LogP contribution in [0.2, 0.25) is 0 Å². The summed E-state index contributed by atoms with van der Waals surface area (Å²) in [5.41, 5.74) is 15.6. The van der Waals surface area contributed by atoms with E-state index in [-0.39, 0.29) is 24.7 Å². The lowest BCUT2D eigenvalue weighted by Gasteiger charge is -2.30. The van der Waals surface area contributed by atoms with Crippen LogP contribution in [-0.4, -0.2) is 60.5 Å². The number of nitrogens with two attached hydrogens (primary N) is 2. The molecule has 1 aliphatic carbocycles. The summed E-state index contributed by atoms with van der Waals surface area (Å²) in [5, 5.41) is 11.7. The summed E-state index contributed by atoms with van der Waals surface area (Å²) in [7, 11) is 2.10. The molecule has 3 aromatic rings. The average Bonchev–Trinajstić information content (AvgIpc) is 3.67. The minimum Gasteiger partial charge on any atom is -0.353 e. The Balaban J connectivity index is 0.000000204. The average molecular weight is 831 g/mol. The summed E-state index contributed by atoms with van der Waals surface area (Å²) >= 11 is 2.28. The highest BCUT2D eigenvalue weighted by molar-refractivity contribution is 14.1. The molecule has 0 spiro atoms. The Bertz CT molecular complexity index is 1370. The molecule has 6 atom stereocenters. The highest BCUT2D eigenvalue weighted by Gasteiger charge is 2.21. The zero-order valence-corrected chi connectivity index (χ0v) is 34.0. The van der Waals surface area contributed by atoms with Gasteiger partial charge in [-0.3, -0.25) is 0 Å². The van der Waals surface area contributed by atoms with Crippen LogP contribution < -0.4 is 16.8 Å². The Labute approximate surface area is 326 Å². The lowest BCUT2D eigenvalue weighted by atomic mass is 9.83. The van der Waals surface area contributed by atoms with Crippen molar-refractivity contribution in [2.24, 2.45) is 17.4 Å². The van der Waals surface area contributed by atoms with Crippen LogP contribution in [0.4, 0.5) is 0 Å². The maximum absolute atomic E-state index is 5.85. The fraction of sp³-hybridized carbons (Fsp3) is 0.610. The smallest absolute Gasteiger partial charge is 0.158 e. The number of benzene rings is 2. The number of nitrogens with one attached hydrogen (secondary N) is 1. The number of aromatic nitrogens is 3. The third-order valence-electron chi connectivity index (χ3n) is 9.47. The molecule has 0 amide bonds. The number of halogens is 1. The summed E-state index contributed by atoms with van der Waals surface area (Å²) in [6.07, 6.45) is 20.4. The van der Waals surface area contributed by atoms with Gasteiger partial charge in [0, 0.05) is 34.9 Å². The lowest BCUT2D eigenvalue weighted by Crippen LogP contribution is -2.35. The SMILES string of the molecule is C#CCOC1CCCCO1.CC(N)c1ccc(-n2cc(COC3CCCCO3)nn2)cc1.CC(N)c1ccc(I)cc1.CC[C@H]1CCCC[C@@H]1NC. The van der Waals surface area contributed by atoms with Gasteiger partial charge in [-0.15, -0.1) is 11.5 Å². The van der Waals surface area contributed by atoms with E-state index in [1.807, 2.05) is 44.3 Å². The molecule has 0 bridgehead atoms. The second-order valence-electron chi connectivity index (χ2n) is 13.6. The number of nitrogens with zero attached hydrogens (tertiary/aromatic N) is 3. The highest BCUT2D eigenvalue weighted by Crippen LogP contribution is 2.26. The zero-order valence-electron chi connectivity index (χ0n) is 31.9. The van der Waals surface area contributed by atoms with Crippen LogP contribution in [0.5, 0.6) is 0 Å². The van der Waals surface area contributed by atoms with Crippen LogP contribution in [0.3, 0.4) is 0 Å². The molecule has 3 heterocycles. The van der Waals surface area contributed by atoms with Crippen molar-refractivity contribution in [2.75, 3.05) is 26.9 Å². The van der Waals surface area contributed by atoms with E-state index in [4.69, 9.17) is 36.8 Å². The Hall–Kier alpha value is -2.41. The van der Waals surface area contributed by atoms with Gasteiger partial charge in [0.25, 0.3) is 0 Å². The third kappa shape index (κ3) is 16.7. The second-order valence-corrected chi connectivity index (χ2v) is 14.9. The Morgan fingerprint density at radius 2 is 1.42 bits per heavy atom. The molecular weight excluding hydrogens is 767 g/mol. The van der Waals surface area contributed by atoms with E-state index in [0.717, 1.165) is 74.2 Å². The molecule has 11 heteroatoms. The van der Waals surface area contributed by atoms with Gasteiger partial charge in [0.15, 0.2) is 12.6 Å². The molecule has 3 aliphatic rings. The topological polar surface area (TPSA) is 132 Å². The number of hydrogen-bond donors (Lipinski definition) is 3. The molecule has 2 saturated heterocycles. The van der Waals surface area contributed by atoms with E-state index in [1.54, 1.807) is 4.68 Å². The zero-order chi connectivity index (χ0) is 37.6. The van der Waals surface area contributed by atoms with E-state index < -0.39 is 0 Å². The van der Waals surface area contributed by atoms with Crippen LogP contribution in [0, 0.1) is 21.8 Å². The van der Waals surface area contributed by atoms with Gasteiger partial charge in [-0.05, 0) is 136 Å². The maximum Gasteiger partial charge on any atom is 0.158 e. The molecule has 3 fully saturated rings. The Morgan fingerprint density at radius 1 is 0.865 bits per heavy atom. The molecule has 52 heavy (non-hydrogen) atoms. The Morgan fingerprint density at radius 3 is 1.92 bits per heavy atom. The van der Waals surface area contributed by atoms with E-state index in [2.05, 4.69) is 82.4 Å². The van der Waals surface area contributed by atoms with E-state index in [0.29, 0.717) is 13.2 Å². The molecule has 10 nitrogen and oxygen atoms in total. The lowest BCUT2D eigenvalue weighted by molar-refractivity contribution is -0.169. The first-order valence-electron chi connectivity index (χ1n) is 19.1. The third-order valence-corrected chi connectivity index (χ3v) is 10.2. The number of ether oxygens (including phenoxy) is 4. The predicted molar refractivity (Wildman–Crippen MR) is 218 cm³/mol. The monoisotopic (exact) mass is 830 g/mol. The van der Waals surface area contributed by atoms with Crippen LogP contribution in [0.25, 0.3) is 5.69 Å². The fourth-order valence-corrected chi connectivity index (χ4v) is 6.63. The summed E-state index contributed by atoms with van der Waals surface area (Å²) in [5.74, 6) is 3.37. The number of hydrogen-bond acceptors (Lipinski definition) is 9. The first-order valence-corrected chi connectivity index (χ1v) is 20.2. The summed E-state index contributed by atoms with van der Waals surface area (Å²) in [6.45, 7) is 8.64. The van der Waals surface area contributed by atoms with Crippen molar-refractivity contribution in [3.05, 3.63) is 75.1 Å². The number of rotatable bonds is 10. The molecule has 288 valence electrons. The normalized spacial score (nSPS) is 22.5. The van der Waals surface area contributed by atoms with Gasteiger partial charge >= 0.3 is 0 Å². The van der Waals surface area contributed by atoms with Crippen molar-refractivity contribution in [3.8, 4) is 18.0 Å². The minimum absolute atomic E-state index is 0.0317. The minimum atomic E-state index is -0.107.